The summed E-state index contributed by atoms with van der Waals surface area (Å²) in [4.78, 5) is 11.6. The molecule has 6 rings (SSSR count). The summed E-state index contributed by atoms with van der Waals surface area (Å²) in [6, 6.07) is 13.3. The maximum Gasteiger partial charge on any atom is 0.243 e. The van der Waals surface area contributed by atoms with Gasteiger partial charge in [0.15, 0.2) is 23.1 Å². The van der Waals surface area contributed by atoms with Crippen molar-refractivity contribution in [2.75, 3.05) is 55.8 Å². The van der Waals surface area contributed by atoms with Crippen molar-refractivity contribution in [1.29, 1.82) is 5.53 Å². The van der Waals surface area contributed by atoms with Gasteiger partial charge in [-0.25, -0.2) is 23.8 Å². The molecule has 2 aliphatic rings. The minimum atomic E-state index is -1.78. The molecule has 1 aromatic carbocycles. The van der Waals surface area contributed by atoms with Crippen LogP contribution >= 0.6 is 0 Å². The van der Waals surface area contributed by atoms with Gasteiger partial charge in [0.25, 0.3) is 0 Å². The Hall–Kier alpha value is -4.49. The highest BCUT2D eigenvalue weighted by molar-refractivity contribution is 5.89. The molecule has 11 nitrogen and oxygen atoms in total. The van der Waals surface area contributed by atoms with Crippen LogP contribution in [0.15, 0.2) is 65.9 Å². The van der Waals surface area contributed by atoms with E-state index in [1.165, 1.54) is 10.7 Å². The van der Waals surface area contributed by atoms with Gasteiger partial charge in [0.1, 0.15) is 11.2 Å². The maximum atomic E-state index is 17.6. The van der Waals surface area contributed by atoms with Crippen molar-refractivity contribution in [2.45, 2.75) is 50.4 Å². The van der Waals surface area contributed by atoms with Crippen LogP contribution in [0.25, 0.3) is 16.8 Å². The first kappa shape index (κ1) is 31.5. The summed E-state index contributed by atoms with van der Waals surface area (Å²) in [7, 11) is 1.70. The number of nitrogens with one attached hydrogen (secondary N) is 4. The van der Waals surface area contributed by atoms with Crippen LogP contribution in [0.5, 0.6) is 0 Å². The molecule has 242 valence electrons. The zero-order valence-electron chi connectivity index (χ0n) is 26.4. The van der Waals surface area contributed by atoms with E-state index in [2.05, 4.69) is 36.0 Å². The fourth-order valence-corrected chi connectivity index (χ4v) is 6.47. The van der Waals surface area contributed by atoms with Crippen LogP contribution < -0.4 is 16.0 Å². The number of hydrogen-bond acceptors (Lipinski definition) is 10. The minimum Gasteiger partial charge on any atom is -0.378 e. The number of benzene rings is 1. The van der Waals surface area contributed by atoms with Gasteiger partial charge < -0.3 is 20.7 Å². The number of hydrogen-bond donors (Lipinski definition) is 4. The molecule has 4 aromatic rings. The van der Waals surface area contributed by atoms with Crippen LogP contribution in [0.2, 0.25) is 0 Å². The molecular formula is C33H40F2N10O. The normalized spacial score (nSPS) is 22.2. The summed E-state index contributed by atoms with van der Waals surface area (Å²) in [5, 5.41) is 17.9. The predicted molar refractivity (Wildman–Crippen MR) is 175 cm³/mol. The molecule has 2 aliphatic heterocycles. The van der Waals surface area contributed by atoms with Crippen molar-refractivity contribution in [3.63, 3.8) is 0 Å². The average molecular weight is 631 g/mol. The van der Waals surface area contributed by atoms with Crippen LogP contribution in [0.4, 0.5) is 32.1 Å². The molecule has 4 N–H and O–H groups in total. The van der Waals surface area contributed by atoms with Gasteiger partial charge in [-0.3, -0.25) is 4.90 Å². The largest absolute Gasteiger partial charge is 0.378 e. The van der Waals surface area contributed by atoms with E-state index in [1.807, 2.05) is 44.2 Å². The quantitative estimate of drug-likeness (QED) is 0.107. The third kappa shape index (κ3) is 5.80. The third-order valence-electron chi connectivity index (χ3n) is 8.94. The lowest BCUT2D eigenvalue weighted by Crippen LogP contribution is -2.69. The van der Waals surface area contributed by atoms with Gasteiger partial charge in [0, 0.05) is 26.7 Å². The van der Waals surface area contributed by atoms with Crippen molar-refractivity contribution >= 4 is 28.8 Å². The summed E-state index contributed by atoms with van der Waals surface area (Å²) < 4.78 is 40.2. The lowest BCUT2D eigenvalue weighted by Gasteiger charge is -2.53. The molecule has 1 unspecified atom stereocenters. The number of piperidine rings is 1. The molecular weight excluding hydrogens is 590 g/mol. The van der Waals surface area contributed by atoms with Gasteiger partial charge in [-0.15, -0.1) is 5.10 Å². The van der Waals surface area contributed by atoms with Gasteiger partial charge in [-0.1, -0.05) is 43.3 Å². The van der Waals surface area contributed by atoms with Gasteiger partial charge in [-0.05, 0) is 50.0 Å². The molecule has 0 bridgehead atoms. The highest BCUT2D eigenvalue weighted by Crippen LogP contribution is 2.43. The predicted octanol–water partition coefficient (Wildman–Crippen LogP) is 6.24. The Kier molecular flexibility index (Phi) is 8.96. The number of likely N-dealkylation sites (tertiary alicyclic amines) is 1. The Morgan fingerprint density at radius 3 is 2.63 bits per heavy atom. The fourth-order valence-electron chi connectivity index (χ4n) is 6.47. The van der Waals surface area contributed by atoms with Crippen LogP contribution in [0.1, 0.15) is 32.3 Å². The average Bonchev–Trinajstić information content (AvgIpc) is 3.36. The molecule has 2 saturated heterocycles. The standard InChI is InChI=1S/C33H40F2N10O/c1-4-13-32(35)21-44(23-19-46-20-23)16-14-33(32,17-22-9-7-6-8-10-22)41-31-40-30(37-3)28-27(24(34)18-45(28)43-31)25-11-12-26(42-36)29(39-25)38-15-5-2/h4,6-13,18,23,36H,5,14-17,19-21H2,1-3H3,(H,38,39)(H2,37,40,41,43)/b13-4+,42-36?/t32?,33-/m0/s1. The lowest BCUT2D eigenvalue weighted by atomic mass is 9.70. The van der Waals surface area contributed by atoms with E-state index in [0.29, 0.717) is 67.7 Å². The SMILES string of the molecule is C/C=C/C1(F)CN(C2COC2)CC[C@@]1(Cc1ccccc1)Nc1nc(NC)c2c(-c3ccc(N=N)c(NCCC)n3)c(F)cn2n1. The Bertz CT molecular complexity index is 1730. The van der Waals surface area contributed by atoms with E-state index in [1.54, 1.807) is 31.3 Å². The van der Waals surface area contributed by atoms with Crippen molar-refractivity contribution in [2.24, 2.45) is 5.11 Å². The second-order valence-electron chi connectivity index (χ2n) is 11.9. The van der Waals surface area contributed by atoms with E-state index >= 15 is 8.78 Å². The summed E-state index contributed by atoms with van der Waals surface area (Å²) in [5.74, 6) is 0.369. The van der Waals surface area contributed by atoms with Crippen LogP contribution in [-0.4, -0.2) is 81.6 Å². The number of halogens is 2. The van der Waals surface area contributed by atoms with Crippen molar-refractivity contribution in [1.82, 2.24) is 24.5 Å². The monoisotopic (exact) mass is 630 g/mol. The van der Waals surface area contributed by atoms with Gasteiger partial charge in [-0.2, -0.15) is 10.1 Å². The zero-order valence-corrected chi connectivity index (χ0v) is 26.4. The molecule has 5 heterocycles. The first-order chi connectivity index (χ1) is 22.3. The topological polar surface area (TPSA) is 128 Å². The Morgan fingerprint density at radius 2 is 1.96 bits per heavy atom. The van der Waals surface area contributed by atoms with E-state index in [9.17, 15) is 0 Å². The molecule has 46 heavy (non-hydrogen) atoms. The van der Waals surface area contributed by atoms with Crippen LogP contribution in [-0.2, 0) is 11.2 Å². The first-order valence-electron chi connectivity index (χ1n) is 15.7. The summed E-state index contributed by atoms with van der Waals surface area (Å²) in [6.45, 7) is 6.52. The van der Waals surface area contributed by atoms with Crippen LogP contribution in [0, 0.1) is 11.3 Å². The minimum absolute atomic E-state index is 0.169. The number of nitrogens with zero attached hydrogens (tertiary/aromatic N) is 6. The number of ether oxygens (including phenoxy) is 1. The van der Waals surface area contributed by atoms with Crippen molar-refractivity contribution < 1.29 is 13.5 Å². The second kappa shape index (κ2) is 13.1. The molecule has 13 heteroatoms. The molecule has 0 aliphatic carbocycles. The smallest absolute Gasteiger partial charge is 0.243 e. The number of rotatable bonds is 12. The number of pyridine rings is 1. The molecule has 3 aromatic heterocycles. The fraction of sp³-hybridized carbons (Fsp3) is 0.424. The number of anilines is 3. The van der Waals surface area contributed by atoms with Gasteiger partial charge in [0.05, 0.1) is 42.2 Å². The van der Waals surface area contributed by atoms with Crippen LogP contribution in [0.3, 0.4) is 0 Å². The highest BCUT2D eigenvalue weighted by Gasteiger charge is 2.56. The molecule has 0 spiro atoms. The van der Waals surface area contributed by atoms with E-state index in [-0.39, 0.29) is 24.1 Å². The molecule has 2 atom stereocenters. The summed E-state index contributed by atoms with van der Waals surface area (Å²) >= 11 is 0. The number of alkyl halides is 1. The lowest BCUT2D eigenvalue weighted by molar-refractivity contribution is -0.0991. The molecule has 0 amide bonds. The maximum absolute atomic E-state index is 17.6. The van der Waals surface area contributed by atoms with Crippen molar-refractivity contribution in [3.05, 3.63) is 72.2 Å². The molecule has 2 fully saturated rings. The first-order valence-corrected chi connectivity index (χ1v) is 15.7. The Labute approximate surface area is 267 Å². The van der Waals surface area contributed by atoms with E-state index in [0.717, 1.165) is 12.0 Å². The van der Waals surface area contributed by atoms with Crippen molar-refractivity contribution in [3.8, 4) is 11.3 Å². The number of allylic oxidation sites excluding steroid dienone is 1. The Balaban J connectivity index is 1.43. The number of aromatic nitrogens is 4. The van der Waals surface area contributed by atoms with Gasteiger partial charge in [0.2, 0.25) is 5.95 Å². The van der Waals surface area contributed by atoms with E-state index in [4.69, 9.17) is 15.3 Å². The van der Waals surface area contributed by atoms with E-state index < -0.39 is 17.0 Å². The second-order valence-corrected chi connectivity index (χ2v) is 11.9. The number of fused-ring (bicyclic) bond motifs is 1. The zero-order chi connectivity index (χ0) is 32.3. The third-order valence-corrected chi connectivity index (χ3v) is 8.94. The summed E-state index contributed by atoms with van der Waals surface area (Å²) in [6.07, 6.45) is 6.38. The summed E-state index contributed by atoms with van der Waals surface area (Å²) in [5.41, 5.74) is 6.88. The Morgan fingerprint density at radius 1 is 1.15 bits per heavy atom. The highest BCUT2D eigenvalue weighted by atomic mass is 19.1. The molecule has 0 radical (unpaired) electrons. The van der Waals surface area contributed by atoms with Gasteiger partial charge >= 0.3 is 0 Å². The molecule has 0 saturated carbocycles.